The van der Waals surface area contributed by atoms with Gasteiger partial charge in [0.15, 0.2) is 0 Å². The van der Waals surface area contributed by atoms with Gasteiger partial charge in [0.05, 0.1) is 5.69 Å². The van der Waals surface area contributed by atoms with Crippen molar-refractivity contribution in [3.63, 3.8) is 0 Å². The van der Waals surface area contributed by atoms with E-state index in [0.717, 1.165) is 16.7 Å². The molecular weight excluding hydrogens is 242 g/mol. The van der Waals surface area contributed by atoms with Crippen LogP contribution in [-0.4, -0.2) is 18.1 Å². The Hall–Kier alpha value is -2.23. The average Bonchev–Trinajstić information content (AvgIpc) is 2.77. The SMILES string of the molecule is CC(C=O)C(C)c1ccc(N2C(=O)C=CC2=O)cc1. The number of benzene rings is 1. The maximum absolute atomic E-state index is 11.5. The van der Waals surface area contributed by atoms with Crippen LogP contribution in [0.2, 0.25) is 0 Å². The second-order valence-electron chi connectivity index (χ2n) is 4.72. The van der Waals surface area contributed by atoms with Crippen molar-refractivity contribution in [2.75, 3.05) is 4.90 Å². The van der Waals surface area contributed by atoms with Gasteiger partial charge in [-0.15, -0.1) is 0 Å². The third kappa shape index (κ3) is 2.47. The molecule has 98 valence electrons. The van der Waals surface area contributed by atoms with Crippen molar-refractivity contribution in [3.05, 3.63) is 42.0 Å². The summed E-state index contributed by atoms with van der Waals surface area (Å²) in [6, 6.07) is 7.15. The summed E-state index contributed by atoms with van der Waals surface area (Å²) in [5.74, 6) is -0.615. The first-order valence-corrected chi connectivity index (χ1v) is 6.16. The van der Waals surface area contributed by atoms with Gasteiger partial charge in [0, 0.05) is 18.1 Å². The average molecular weight is 257 g/mol. The van der Waals surface area contributed by atoms with Gasteiger partial charge in [-0.25, -0.2) is 4.90 Å². The lowest BCUT2D eigenvalue weighted by Gasteiger charge is -2.17. The summed E-state index contributed by atoms with van der Waals surface area (Å²) in [6.07, 6.45) is 3.44. The quantitative estimate of drug-likeness (QED) is 0.612. The Bertz CT molecular complexity index is 527. The number of imide groups is 1. The molecule has 0 aliphatic carbocycles. The Labute approximate surface area is 111 Å². The van der Waals surface area contributed by atoms with E-state index in [1.807, 2.05) is 26.0 Å². The van der Waals surface area contributed by atoms with E-state index in [1.165, 1.54) is 12.2 Å². The summed E-state index contributed by atoms with van der Waals surface area (Å²) in [7, 11) is 0. The van der Waals surface area contributed by atoms with Crippen LogP contribution in [0, 0.1) is 5.92 Å². The van der Waals surface area contributed by atoms with Gasteiger partial charge in [-0.2, -0.15) is 0 Å². The van der Waals surface area contributed by atoms with E-state index in [0.29, 0.717) is 5.69 Å². The van der Waals surface area contributed by atoms with Crippen LogP contribution in [0.3, 0.4) is 0 Å². The molecule has 0 radical (unpaired) electrons. The standard InChI is InChI=1S/C15H15NO3/c1-10(9-17)11(2)12-3-5-13(6-4-12)16-14(18)7-8-15(16)19/h3-11H,1-2H3. The van der Waals surface area contributed by atoms with Crippen molar-refractivity contribution in [2.45, 2.75) is 19.8 Å². The summed E-state index contributed by atoms with van der Waals surface area (Å²) in [6.45, 7) is 3.84. The van der Waals surface area contributed by atoms with Crippen LogP contribution in [0.4, 0.5) is 5.69 Å². The number of aldehydes is 1. The summed E-state index contributed by atoms with van der Waals surface area (Å²) in [5.41, 5.74) is 1.56. The normalized spacial score (nSPS) is 17.7. The number of hydrogen-bond acceptors (Lipinski definition) is 3. The molecule has 2 rings (SSSR count). The Morgan fingerprint density at radius 3 is 2.00 bits per heavy atom. The van der Waals surface area contributed by atoms with Crippen LogP contribution in [0.1, 0.15) is 25.3 Å². The number of carbonyl (C=O) groups is 3. The van der Waals surface area contributed by atoms with Gasteiger partial charge in [0.2, 0.25) is 0 Å². The van der Waals surface area contributed by atoms with Crippen LogP contribution in [0.15, 0.2) is 36.4 Å². The summed E-state index contributed by atoms with van der Waals surface area (Å²) < 4.78 is 0. The molecule has 2 amide bonds. The maximum Gasteiger partial charge on any atom is 0.258 e. The Balaban J connectivity index is 2.22. The van der Waals surface area contributed by atoms with Gasteiger partial charge in [-0.3, -0.25) is 9.59 Å². The number of hydrogen-bond donors (Lipinski definition) is 0. The molecule has 2 atom stereocenters. The van der Waals surface area contributed by atoms with E-state index in [9.17, 15) is 14.4 Å². The van der Waals surface area contributed by atoms with Crippen molar-refractivity contribution in [1.82, 2.24) is 0 Å². The van der Waals surface area contributed by atoms with Crippen LogP contribution in [0.5, 0.6) is 0 Å². The highest BCUT2D eigenvalue weighted by Gasteiger charge is 2.25. The lowest BCUT2D eigenvalue weighted by atomic mass is 9.90. The first-order chi connectivity index (χ1) is 9.04. The minimum atomic E-state index is -0.327. The van der Waals surface area contributed by atoms with Crippen LogP contribution < -0.4 is 4.90 Å². The number of carbonyl (C=O) groups excluding carboxylic acids is 3. The fourth-order valence-corrected chi connectivity index (χ4v) is 2.00. The van der Waals surface area contributed by atoms with E-state index in [-0.39, 0.29) is 23.7 Å². The van der Waals surface area contributed by atoms with E-state index in [1.54, 1.807) is 12.1 Å². The maximum atomic E-state index is 11.5. The van der Waals surface area contributed by atoms with E-state index in [2.05, 4.69) is 0 Å². The predicted octanol–water partition coefficient (Wildman–Crippen LogP) is 2.05. The highest BCUT2D eigenvalue weighted by atomic mass is 16.2. The Kier molecular flexibility index (Phi) is 3.60. The van der Waals surface area contributed by atoms with Crippen LogP contribution in [-0.2, 0) is 14.4 Å². The Morgan fingerprint density at radius 2 is 1.53 bits per heavy atom. The molecule has 1 aliphatic heterocycles. The van der Waals surface area contributed by atoms with Gasteiger partial charge in [0.1, 0.15) is 6.29 Å². The fraction of sp³-hybridized carbons (Fsp3) is 0.267. The summed E-state index contributed by atoms with van der Waals surface area (Å²) >= 11 is 0. The zero-order valence-corrected chi connectivity index (χ0v) is 10.9. The molecule has 1 heterocycles. The number of rotatable bonds is 4. The number of nitrogens with zero attached hydrogens (tertiary/aromatic N) is 1. The molecule has 0 saturated heterocycles. The smallest absolute Gasteiger partial charge is 0.258 e. The van der Waals surface area contributed by atoms with Gasteiger partial charge >= 0.3 is 0 Å². The van der Waals surface area contributed by atoms with Crippen molar-refractivity contribution in [1.29, 1.82) is 0 Å². The van der Waals surface area contributed by atoms with Gasteiger partial charge < -0.3 is 4.79 Å². The third-order valence-corrected chi connectivity index (χ3v) is 3.49. The molecule has 0 saturated carbocycles. The summed E-state index contributed by atoms with van der Waals surface area (Å²) in [4.78, 5) is 35.0. The van der Waals surface area contributed by atoms with Crippen LogP contribution >= 0.6 is 0 Å². The van der Waals surface area contributed by atoms with Gasteiger partial charge in [0.25, 0.3) is 11.8 Å². The first kappa shape index (κ1) is 13.2. The minimum absolute atomic E-state index is 0.0671. The molecule has 0 fully saturated rings. The topological polar surface area (TPSA) is 54.5 Å². The molecule has 0 bridgehead atoms. The highest BCUT2D eigenvalue weighted by molar-refractivity contribution is 6.28. The molecule has 0 N–H and O–H groups in total. The fourth-order valence-electron chi connectivity index (χ4n) is 2.00. The van der Waals surface area contributed by atoms with E-state index < -0.39 is 0 Å². The van der Waals surface area contributed by atoms with Crippen molar-refractivity contribution in [2.24, 2.45) is 5.92 Å². The van der Waals surface area contributed by atoms with E-state index >= 15 is 0 Å². The molecule has 4 nitrogen and oxygen atoms in total. The second-order valence-corrected chi connectivity index (χ2v) is 4.72. The summed E-state index contributed by atoms with van der Waals surface area (Å²) in [5, 5.41) is 0. The molecular formula is C15H15NO3. The highest BCUT2D eigenvalue weighted by Crippen LogP contribution is 2.26. The van der Waals surface area contributed by atoms with Crippen molar-refractivity contribution >= 4 is 23.8 Å². The van der Waals surface area contributed by atoms with Gasteiger partial charge in [-0.05, 0) is 23.6 Å². The molecule has 0 spiro atoms. The number of anilines is 1. The van der Waals surface area contributed by atoms with Crippen molar-refractivity contribution in [3.8, 4) is 0 Å². The molecule has 1 aliphatic rings. The third-order valence-electron chi connectivity index (χ3n) is 3.49. The van der Waals surface area contributed by atoms with Crippen molar-refractivity contribution < 1.29 is 14.4 Å². The molecule has 0 aromatic heterocycles. The Morgan fingerprint density at radius 1 is 1.00 bits per heavy atom. The number of amides is 2. The molecule has 4 heteroatoms. The lowest BCUT2D eigenvalue weighted by molar-refractivity contribution is -0.120. The zero-order chi connectivity index (χ0) is 14.0. The lowest BCUT2D eigenvalue weighted by Crippen LogP contribution is -2.29. The molecule has 2 unspecified atom stereocenters. The molecule has 1 aromatic rings. The monoisotopic (exact) mass is 257 g/mol. The zero-order valence-electron chi connectivity index (χ0n) is 10.9. The first-order valence-electron chi connectivity index (χ1n) is 6.16. The second kappa shape index (κ2) is 5.18. The largest absolute Gasteiger partial charge is 0.303 e. The van der Waals surface area contributed by atoms with Gasteiger partial charge in [-0.1, -0.05) is 26.0 Å². The minimum Gasteiger partial charge on any atom is -0.303 e. The molecule has 19 heavy (non-hydrogen) atoms. The van der Waals surface area contributed by atoms with E-state index in [4.69, 9.17) is 0 Å². The predicted molar refractivity (Wildman–Crippen MR) is 71.7 cm³/mol. The van der Waals surface area contributed by atoms with Crippen LogP contribution in [0.25, 0.3) is 0 Å². The molecule has 1 aromatic carbocycles.